The van der Waals surface area contributed by atoms with E-state index in [1.165, 1.54) is 43.4 Å². The van der Waals surface area contributed by atoms with Crippen LogP contribution in [0.25, 0.3) is 70.9 Å². The number of aromatic nitrogens is 1. The van der Waals surface area contributed by atoms with Crippen LogP contribution in [-0.2, 0) is 0 Å². The molecule has 0 unspecified atom stereocenters. The van der Waals surface area contributed by atoms with Crippen LogP contribution in [0.2, 0.25) is 0 Å². The Hall–Kier alpha value is -5.13. The monoisotopic (exact) mass is 468 g/mol. The second-order valence-corrected chi connectivity index (χ2v) is 9.72. The summed E-state index contributed by atoms with van der Waals surface area (Å²) in [4.78, 5) is 0. The van der Waals surface area contributed by atoms with E-state index in [1.54, 1.807) is 0 Å². The van der Waals surface area contributed by atoms with Crippen molar-refractivity contribution in [3.63, 3.8) is 0 Å². The molecule has 0 aliphatic heterocycles. The molecule has 1 aromatic heterocycles. The Morgan fingerprint density at radius 1 is 0.514 bits per heavy atom. The molecule has 0 atom stereocenters. The first kappa shape index (κ1) is 20.1. The Balaban J connectivity index is 1.46. The molecule has 0 fully saturated rings. The van der Waals surface area contributed by atoms with Gasteiger partial charge in [-0.25, -0.2) is 0 Å². The number of hydrogen-bond donors (Lipinski definition) is 0. The summed E-state index contributed by atoms with van der Waals surface area (Å²) in [5.74, 6) is 0. The molecule has 0 saturated carbocycles. The molecule has 8 aromatic rings. The van der Waals surface area contributed by atoms with E-state index < -0.39 is 0 Å². The lowest BCUT2D eigenvalue weighted by molar-refractivity contribution is 1.18. The van der Waals surface area contributed by atoms with Crippen molar-refractivity contribution in [3.05, 3.63) is 127 Å². The molecule has 7 aromatic carbocycles. The number of rotatable bonds is 2. The van der Waals surface area contributed by atoms with Gasteiger partial charge < -0.3 is 4.57 Å². The van der Waals surface area contributed by atoms with Crippen LogP contribution in [0.5, 0.6) is 0 Å². The topological polar surface area (TPSA) is 28.7 Å². The zero-order valence-corrected chi connectivity index (χ0v) is 19.9. The minimum Gasteiger partial charge on any atom is -0.309 e. The third kappa shape index (κ3) is 2.80. The van der Waals surface area contributed by atoms with Gasteiger partial charge in [-0.2, -0.15) is 5.26 Å². The molecule has 2 nitrogen and oxygen atoms in total. The Bertz CT molecular complexity index is 2180. The van der Waals surface area contributed by atoms with E-state index in [0.29, 0.717) is 5.56 Å². The molecule has 8 rings (SSSR count). The van der Waals surface area contributed by atoms with Crippen molar-refractivity contribution in [3.8, 4) is 22.9 Å². The molecule has 0 spiro atoms. The van der Waals surface area contributed by atoms with Gasteiger partial charge in [0.25, 0.3) is 0 Å². The summed E-state index contributed by atoms with van der Waals surface area (Å²) >= 11 is 0. The average Bonchev–Trinajstić information content (AvgIpc) is 3.29. The fraction of sp³-hybridized carbons (Fsp3) is 0. The van der Waals surface area contributed by atoms with Crippen molar-refractivity contribution >= 4 is 54.1 Å². The van der Waals surface area contributed by atoms with E-state index in [1.807, 2.05) is 18.2 Å². The van der Waals surface area contributed by atoms with Crippen molar-refractivity contribution in [2.75, 3.05) is 0 Å². The summed E-state index contributed by atoms with van der Waals surface area (Å²) in [5, 5.41) is 19.6. The standard InChI is InChI=1S/C35H20N2/c36-21-22-9-17-32-30(19-22)31-20-26(14-18-33(31)37(32)27-7-2-1-3-8-27)28-15-12-25-11-10-23-5-4-6-24-13-16-29(28)35(25)34(23)24/h1-20H. The highest BCUT2D eigenvalue weighted by Crippen LogP contribution is 2.41. The van der Waals surface area contributed by atoms with Crippen molar-refractivity contribution in [2.24, 2.45) is 0 Å². The lowest BCUT2D eigenvalue weighted by Crippen LogP contribution is -1.93. The molecule has 37 heavy (non-hydrogen) atoms. The number of para-hydroxylation sites is 1. The summed E-state index contributed by atoms with van der Waals surface area (Å²) in [6.07, 6.45) is 0. The van der Waals surface area contributed by atoms with Gasteiger partial charge in [0.2, 0.25) is 0 Å². The number of fused-ring (bicyclic) bond motifs is 3. The van der Waals surface area contributed by atoms with E-state index >= 15 is 0 Å². The Labute approximate surface area is 213 Å². The van der Waals surface area contributed by atoms with Gasteiger partial charge in [0, 0.05) is 16.5 Å². The zero-order valence-electron chi connectivity index (χ0n) is 19.9. The van der Waals surface area contributed by atoms with Crippen LogP contribution in [0, 0.1) is 11.3 Å². The first-order valence-electron chi connectivity index (χ1n) is 12.5. The van der Waals surface area contributed by atoms with Crippen LogP contribution < -0.4 is 0 Å². The first-order chi connectivity index (χ1) is 18.3. The quantitative estimate of drug-likeness (QED) is 0.232. The number of nitriles is 1. The second-order valence-electron chi connectivity index (χ2n) is 9.72. The summed E-state index contributed by atoms with van der Waals surface area (Å²) < 4.78 is 2.29. The predicted molar refractivity (Wildman–Crippen MR) is 155 cm³/mol. The zero-order chi connectivity index (χ0) is 24.5. The Morgan fingerprint density at radius 2 is 1.19 bits per heavy atom. The van der Waals surface area contributed by atoms with Gasteiger partial charge in [0.05, 0.1) is 22.7 Å². The van der Waals surface area contributed by atoms with Gasteiger partial charge in [0.15, 0.2) is 0 Å². The van der Waals surface area contributed by atoms with E-state index in [4.69, 9.17) is 0 Å². The van der Waals surface area contributed by atoms with Gasteiger partial charge in [-0.3, -0.25) is 0 Å². The molecule has 0 radical (unpaired) electrons. The molecule has 0 N–H and O–H groups in total. The third-order valence-corrected chi connectivity index (χ3v) is 7.75. The van der Waals surface area contributed by atoms with E-state index in [0.717, 1.165) is 27.5 Å². The summed E-state index contributed by atoms with van der Waals surface area (Å²) in [7, 11) is 0. The summed E-state index contributed by atoms with van der Waals surface area (Å²) in [6, 6.07) is 45.5. The van der Waals surface area contributed by atoms with Gasteiger partial charge in [-0.15, -0.1) is 0 Å². The molecule has 0 saturated heterocycles. The number of hydrogen-bond acceptors (Lipinski definition) is 1. The van der Waals surface area contributed by atoms with Gasteiger partial charge >= 0.3 is 0 Å². The van der Waals surface area contributed by atoms with E-state index in [-0.39, 0.29) is 0 Å². The maximum Gasteiger partial charge on any atom is 0.0991 e. The largest absolute Gasteiger partial charge is 0.309 e. The fourth-order valence-corrected chi connectivity index (χ4v) is 6.10. The Morgan fingerprint density at radius 3 is 1.97 bits per heavy atom. The van der Waals surface area contributed by atoms with Gasteiger partial charge in [-0.1, -0.05) is 78.9 Å². The van der Waals surface area contributed by atoms with Crippen LogP contribution >= 0.6 is 0 Å². The number of nitrogens with zero attached hydrogens (tertiary/aromatic N) is 2. The van der Waals surface area contributed by atoms with Crippen LogP contribution in [0.4, 0.5) is 0 Å². The molecule has 0 aliphatic carbocycles. The Kier molecular flexibility index (Phi) is 4.04. The average molecular weight is 469 g/mol. The summed E-state index contributed by atoms with van der Waals surface area (Å²) in [5.41, 5.74) is 6.44. The molecule has 170 valence electrons. The fourth-order valence-electron chi connectivity index (χ4n) is 6.10. The summed E-state index contributed by atoms with van der Waals surface area (Å²) in [6.45, 7) is 0. The molecule has 1 heterocycles. The van der Waals surface area contributed by atoms with Crippen LogP contribution in [0.15, 0.2) is 121 Å². The van der Waals surface area contributed by atoms with Gasteiger partial charge in [0.1, 0.15) is 0 Å². The SMILES string of the molecule is N#Cc1ccc2c(c1)c1cc(-c3ccc4ccc5cccc6ccc3c4c56)ccc1n2-c1ccccc1. The highest BCUT2D eigenvalue weighted by Gasteiger charge is 2.16. The van der Waals surface area contributed by atoms with Crippen molar-refractivity contribution in [1.82, 2.24) is 4.57 Å². The maximum atomic E-state index is 9.62. The lowest BCUT2D eigenvalue weighted by Gasteiger charge is -2.14. The molecule has 0 bridgehead atoms. The third-order valence-electron chi connectivity index (χ3n) is 7.75. The van der Waals surface area contributed by atoms with Crippen LogP contribution in [0.1, 0.15) is 5.56 Å². The molecule has 2 heteroatoms. The molecule has 0 amide bonds. The highest BCUT2D eigenvalue weighted by molar-refractivity contribution is 6.25. The lowest BCUT2D eigenvalue weighted by atomic mass is 9.89. The highest BCUT2D eigenvalue weighted by atomic mass is 15.0. The molecular weight excluding hydrogens is 448 g/mol. The maximum absolute atomic E-state index is 9.62. The first-order valence-corrected chi connectivity index (χ1v) is 12.5. The number of benzene rings is 7. The molecular formula is C35H20N2. The van der Waals surface area contributed by atoms with Gasteiger partial charge in [-0.05, 0) is 85.9 Å². The minimum absolute atomic E-state index is 0.674. The minimum atomic E-state index is 0.674. The van der Waals surface area contributed by atoms with Crippen molar-refractivity contribution in [1.29, 1.82) is 5.26 Å². The second kappa shape index (κ2) is 7.43. The van der Waals surface area contributed by atoms with E-state index in [9.17, 15) is 5.26 Å². The van der Waals surface area contributed by atoms with E-state index in [2.05, 4.69) is 114 Å². The smallest absolute Gasteiger partial charge is 0.0991 e. The van der Waals surface area contributed by atoms with Crippen LogP contribution in [-0.4, -0.2) is 4.57 Å². The molecule has 0 aliphatic rings. The predicted octanol–water partition coefficient (Wildman–Crippen LogP) is 9.22. The normalized spacial score (nSPS) is 11.8. The van der Waals surface area contributed by atoms with Crippen LogP contribution in [0.3, 0.4) is 0 Å². The van der Waals surface area contributed by atoms with Crippen molar-refractivity contribution in [2.45, 2.75) is 0 Å². The van der Waals surface area contributed by atoms with Crippen molar-refractivity contribution < 1.29 is 0 Å².